The number of piperidine rings is 1. The van der Waals surface area contributed by atoms with E-state index < -0.39 is 0 Å². The summed E-state index contributed by atoms with van der Waals surface area (Å²) < 4.78 is 0. The molecule has 1 aromatic rings. The van der Waals surface area contributed by atoms with Gasteiger partial charge in [0.25, 0.3) is 0 Å². The Hall–Kier alpha value is -1.35. The van der Waals surface area contributed by atoms with Crippen molar-refractivity contribution in [3.05, 3.63) is 35.4 Å². The van der Waals surface area contributed by atoms with Crippen molar-refractivity contribution in [3.8, 4) is 0 Å². The molecule has 2 rings (SSSR count). The van der Waals surface area contributed by atoms with E-state index in [-0.39, 0.29) is 11.8 Å². The summed E-state index contributed by atoms with van der Waals surface area (Å²) in [6.07, 6.45) is 2.79. The van der Waals surface area contributed by atoms with E-state index in [9.17, 15) is 4.79 Å². The SMILES string of the molecule is Cc1ccccc1C(CN)CC(=O)N1CCC(C)CC1. The fraction of sp³-hybridized carbons (Fsp3) is 0.588. The van der Waals surface area contributed by atoms with Gasteiger partial charge in [-0.3, -0.25) is 4.79 Å². The minimum atomic E-state index is 0.142. The zero-order valence-electron chi connectivity index (χ0n) is 12.6. The van der Waals surface area contributed by atoms with E-state index in [2.05, 4.69) is 26.0 Å². The lowest BCUT2D eigenvalue weighted by molar-refractivity contribution is -0.132. The van der Waals surface area contributed by atoms with E-state index in [1.807, 2.05) is 17.0 Å². The van der Waals surface area contributed by atoms with Crippen LogP contribution in [0, 0.1) is 12.8 Å². The molecule has 3 nitrogen and oxygen atoms in total. The Kier molecular flexibility index (Phi) is 5.18. The Labute approximate surface area is 122 Å². The molecule has 0 aliphatic carbocycles. The maximum Gasteiger partial charge on any atom is 0.223 e. The summed E-state index contributed by atoms with van der Waals surface area (Å²) in [5.74, 6) is 1.15. The van der Waals surface area contributed by atoms with Gasteiger partial charge in [0.05, 0.1) is 0 Å². The van der Waals surface area contributed by atoms with E-state index in [1.165, 1.54) is 11.1 Å². The lowest BCUT2D eigenvalue weighted by Crippen LogP contribution is -2.39. The topological polar surface area (TPSA) is 46.3 Å². The minimum Gasteiger partial charge on any atom is -0.343 e. The summed E-state index contributed by atoms with van der Waals surface area (Å²) in [5.41, 5.74) is 8.34. The molecule has 1 atom stereocenters. The van der Waals surface area contributed by atoms with Gasteiger partial charge in [-0.05, 0) is 43.4 Å². The van der Waals surface area contributed by atoms with Crippen LogP contribution in [0.3, 0.4) is 0 Å². The molecule has 3 heteroatoms. The van der Waals surface area contributed by atoms with Gasteiger partial charge in [0.1, 0.15) is 0 Å². The molecule has 1 heterocycles. The van der Waals surface area contributed by atoms with Crippen LogP contribution < -0.4 is 5.73 Å². The zero-order chi connectivity index (χ0) is 14.5. The van der Waals surface area contributed by atoms with Gasteiger partial charge in [-0.25, -0.2) is 0 Å². The van der Waals surface area contributed by atoms with Crippen LogP contribution in [0.5, 0.6) is 0 Å². The molecule has 110 valence electrons. The van der Waals surface area contributed by atoms with E-state index in [1.54, 1.807) is 0 Å². The standard InChI is InChI=1S/C17H26N2O/c1-13-7-9-19(10-8-13)17(20)11-15(12-18)16-6-4-3-5-14(16)2/h3-6,13,15H,7-12,18H2,1-2H3. The van der Waals surface area contributed by atoms with Crippen LogP contribution in [0.2, 0.25) is 0 Å². The second-order valence-electron chi connectivity index (χ2n) is 6.06. The molecule has 1 amide bonds. The number of hydrogen-bond acceptors (Lipinski definition) is 2. The van der Waals surface area contributed by atoms with Gasteiger partial charge in [-0.2, -0.15) is 0 Å². The van der Waals surface area contributed by atoms with Crippen LogP contribution >= 0.6 is 0 Å². The molecule has 0 bridgehead atoms. The molecule has 2 N–H and O–H groups in total. The molecule has 1 aliphatic heterocycles. The largest absolute Gasteiger partial charge is 0.343 e. The molecule has 1 aromatic carbocycles. The minimum absolute atomic E-state index is 0.142. The second-order valence-corrected chi connectivity index (χ2v) is 6.06. The van der Waals surface area contributed by atoms with Gasteiger partial charge in [0.2, 0.25) is 5.91 Å². The highest BCUT2D eigenvalue weighted by Gasteiger charge is 2.23. The molecule has 0 spiro atoms. The van der Waals surface area contributed by atoms with E-state index >= 15 is 0 Å². The first kappa shape index (κ1) is 15.0. The summed E-state index contributed by atoms with van der Waals surface area (Å²) in [7, 11) is 0. The number of likely N-dealkylation sites (tertiary alicyclic amines) is 1. The number of benzene rings is 1. The maximum absolute atomic E-state index is 12.4. The first-order valence-corrected chi connectivity index (χ1v) is 7.65. The summed E-state index contributed by atoms with van der Waals surface area (Å²) in [6, 6.07) is 8.24. The Morgan fingerprint density at radius 2 is 2.00 bits per heavy atom. The fourth-order valence-electron chi connectivity index (χ4n) is 2.96. The Morgan fingerprint density at radius 1 is 1.35 bits per heavy atom. The highest BCUT2D eigenvalue weighted by molar-refractivity contribution is 5.77. The van der Waals surface area contributed by atoms with E-state index in [4.69, 9.17) is 5.73 Å². The van der Waals surface area contributed by atoms with Crippen molar-refractivity contribution in [2.24, 2.45) is 11.7 Å². The predicted octanol–water partition coefficient (Wildman–Crippen LogP) is 2.69. The lowest BCUT2D eigenvalue weighted by atomic mass is 9.91. The molecule has 1 aliphatic rings. The van der Waals surface area contributed by atoms with Crippen molar-refractivity contribution >= 4 is 5.91 Å². The molecule has 0 saturated carbocycles. The molecular formula is C17H26N2O. The average Bonchev–Trinajstić information content (AvgIpc) is 2.46. The Morgan fingerprint density at radius 3 is 2.60 bits per heavy atom. The van der Waals surface area contributed by atoms with Crippen LogP contribution in [0.4, 0.5) is 0 Å². The summed E-state index contributed by atoms with van der Waals surface area (Å²) in [5, 5.41) is 0. The summed E-state index contributed by atoms with van der Waals surface area (Å²) in [4.78, 5) is 14.4. The number of carbonyl (C=O) groups is 1. The molecule has 20 heavy (non-hydrogen) atoms. The fourth-order valence-corrected chi connectivity index (χ4v) is 2.96. The van der Waals surface area contributed by atoms with Crippen LogP contribution in [-0.2, 0) is 4.79 Å². The van der Waals surface area contributed by atoms with Crippen molar-refractivity contribution in [2.45, 2.75) is 39.0 Å². The highest BCUT2D eigenvalue weighted by atomic mass is 16.2. The third-order valence-electron chi connectivity index (χ3n) is 4.47. The first-order chi connectivity index (χ1) is 9.61. The second kappa shape index (κ2) is 6.89. The molecule has 0 aromatic heterocycles. The Bertz CT molecular complexity index is 450. The van der Waals surface area contributed by atoms with Crippen molar-refractivity contribution in [1.29, 1.82) is 0 Å². The smallest absolute Gasteiger partial charge is 0.223 e. The van der Waals surface area contributed by atoms with Crippen LogP contribution in [0.25, 0.3) is 0 Å². The third-order valence-corrected chi connectivity index (χ3v) is 4.47. The van der Waals surface area contributed by atoms with Crippen LogP contribution in [0.1, 0.15) is 43.2 Å². The van der Waals surface area contributed by atoms with Crippen LogP contribution in [-0.4, -0.2) is 30.4 Å². The highest BCUT2D eigenvalue weighted by Crippen LogP contribution is 2.24. The number of aryl methyl sites for hydroxylation is 1. The first-order valence-electron chi connectivity index (χ1n) is 7.65. The molecule has 1 fully saturated rings. The average molecular weight is 274 g/mol. The van der Waals surface area contributed by atoms with Gasteiger partial charge in [0.15, 0.2) is 0 Å². The molecule has 1 unspecified atom stereocenters. The predicted molar refractivity (Wildman–Crippen MR) is 82.6 cm³/mol. The van der Waals surface area contributed by atoms with E-state index in [0.29, 0.717) is 13.0 Å². The monoisotopic (exact) mass is 274 g/mol. The van der Waals surface area contributed by atoms with Crippen molar-refractivity contribution in [2.75, 3.05) is 19.6 Å². The quantitative estimate of drug-likeness (QED) is 0.917. The molecule has 0 radical (unpaired) electrons. The van der Waals surface area contributed by atoms with Gasteiger partial charge < -0.3 is 10.6 Å². The summed E-state index contributed by atoms with van der Waals surface area (Å²) in [6.45, 7) is 6.69. The van der Waals surface area contributed by atoms with Crippen molar-refractivity contribution < 1.29 is 4.79 Å². The number of carbonyl (C=O) groups excluding carboxylic acids is 1. The lowest BCUT2D eigenvalue weighted by Gasteiger charge is -2.31. The Balaban J connectivity index is 2.00. The van der Waals surface area contributed by atoms with Gasteiger partial charge in [-0.1, -0.05) is 31.2 Å². The maximum atomic E-state index is 12.4. The number of rotatable bonds is 4. The number of nitrogens with zero attached hydrogens (tertiary/aromatic N) is 1. The molecule has 1 saturated heterocycles. The normalized spacial score (nSPS) is 18.1. The van der Waals surface area contributed by atoms with Crippen LogP contribution in [0.15, 0.2) is 24.3 Å². The van der Waals surface area contributed by atoms with E-state index in [0.717, 1.165) is 31.8 Å². The van der Waals surface area contributed by atoms with Gasteiger partial charge in [0, 0.05) is 25.4 Å². The summed E-state index contributed by atoms with van der Waals surface area (Å²) >= 11 is 0. The third kappa shape index (κ3) is 3.60. The van der Waals surface area contributed by atoms with Crippen molar-refractivity contribution in [3.63, 3.8) is 0 Å². The number of hydrogen-bond donors (Lipinski definition) is 1. The number of amides is 1. The van der Waals surface area contributed by atoms with Gasteiger partial charge >= 0.3 is 0 Å². The van der Waals surface area contributed by atoms with Crippen molar-refractivity contribution in [1.82, 2.24) is 4.90 Å². The molecular weight excluding hydrogens is 248 g/mol. The zero-order valence-corrected chi connectivity index (χ0v) is 12.6. The number of nitrogens with two attached hydrogens (primary N) is 1. The van der Waals surface area contributed by atoms with Gasteiger partial charge in [-0.15, -0.1) is 0 Å².